The van der Waals surface area contributed by atoms with Gasteiger partial charge >= 0.3 is 0 Å². The number of amides is 3. The molecule has 5 aliphatic rings. The predicted molar refractivity (Wildman–Crippen MR) is 235 cm³/mol. The molecule has 0 radical (unpaired) electrons. The Morgan fingerprint density at radius 2 is 1.29 bits per heavy atom. The summed E-state index contributed by atoms with van der Waals surface area (Å²) >= 11 is 0. The van der Waals surface area contributed by atoms with Crippen LogP contribution in [0.1, 0.15) is 87.6 Å². The van der Waals surface area contributed by atoms with E-state index in [1.807, 2.05) is 85.2 Å². The lowest BCUT2D eigenvalue weighted by Gasteiger charge is -2.43. The van der Waals surface area contributed by atoms with E-state index >= 15 is 0 Å². The van der Waals surface area contributed by atoms with E-state index in [2.05, 4.69) is 51.2 Å². The number of rotatable bonds is 8. The van der Waals surface area contributed by atoms with Crippen LogP contribution in [0, 0.1) is 0 Å². The number of hydrogen-bond donors (Lipinski definition) is 5. The number of fused-ring (bicyclic) bond motifs is 2. The van der Waals surface area contributed by atoms with Crippen molar-refractivity contribution in [1.82, 2.24) is 20.9 Å². The Hall–Kier alpha value is -4.36. The molecule has 0 bridgehead atoms. The summed E-state index contributed by atoms with van der Waals surface area (Å²) in [5.74, 6) is 0.0310. The van der Waals surface area contributed by atoms with Gasteiger partial charge < -0.3 is 30.6 Å². The van der Waals surface area contributed by atoms with Crippen molar-refractivity contribution in [3.8, 4) is 0 Å². The Kier molecular flexibility index (Phi) is 12.0. The van der Waals surface area contributed by atoms with E-state index in [9.17, 15) is 24.6 Å². The second-order valence-electron chi connectivity index (χ2n) is 17.5. The van der Waals surface area contributed by atoms with Crippen molar-refractivity contribution < 1.29 is 24.6 Å². The number of nitrogens with zero attached hydrogens (tertiary/aromatic N) is 3. The molecule has 3 amide bonds. The second-order valence-corrected chi connectivity index (χ2v) is 17.5. The third-order valence-corrected chi connectivity index (χ3v) is 13.8. The summed E-state index contributed by atoms with van der Waals surface area (Å²) in [6.45, 7) is 9.26. The van der Waals surface area contributed by atoms with Crippen LogP contribution in [0.25, 0.3) is 10.8 Å². The van der Waals surface area contributed by atoms with Crippen molar-refractivity contribution in [3.05, 3.63) is 107 Å². The number of anilines is 2. The van der Waals surface area contributed by atoms with E-state index in [0.29, 0.717) is 6.42 Å². The molecule has 59 heavy (non-hydrogen) atoms. The topological polar surface area (TPSA) is 137 Å². The average Bonchev–Trinajstić information content (AvgIpc) is 3.71. The van der Waals surface area contributed by atoms with Crippen LogP contribution in [-0.4, -0.2) is 91.4 Å². The number of para-hydroxylation sites is 2. The minimum atomic E-state index is -0.964. The maximum atomic E-state index is 13.9. The smallest absolute Gasteiger partial charge is 0.238 e. The molecule has 5 atom stereocenters. The summed E-state index contributed by atoms with van der Waals surface area (Å²) < 4.78 is 0. The van der Waals surface area contributed by atoms with Gasteiger partial charge in [-0.15, -0.1) is 12.4 Å². The molecular formula is C47H59ClN6O5. The number of carbonyl (C=O) groups is 3. The Labute approximate surface area is 353 Å². The molecule has 4 aliphatic heterocycles. The summed E-state index contributed by atoms with van der Waals surface area (Å²) in [5, 5.41) is 33.3. The van der Waals surface area contributed by atoms with E-state index in [0.717, 1.165) is 79.9 Å². The second kappa shape index (κ2) is 16.6. The van der Waals surface area contributed by atoms with Crippen LogP contribution in [0.3, 0.4) is 0 Å². The molecular weight excluding hydrogens is 764 g/mol. The highest BCUT2D eigenvalue weighted by molar-refractivity contribution is 6.10. The molecule has 2 saturated heterocycles. The lowest BCUT2D eigenvalue weighted by molar-refractivity contribution is -0.129. The molecule has 2 fully saturated rings. The van der Waals surface area contributed by atoms with E-state index in [1.54, 1.807) is 14.1 Å². The van der Waals surface area contributed by atoms with Gasteiger partial charge in [0, 0.05) is 56.4 Å². The molecule has 1 aliphatic carbocycles. The third-order valence-electron chi connectivity index (χ3n) is 13.8. The Bertz CT molecular complexity index is 2210. The van der Waals surface area contributed by atoms with Crippen molar-refractivity contribution >= 4 is 52.3 Å². The molecule has 0 spiro atoms. The summed E-state index contributed by atoms with van der Waals surface area (Å²) in [5.41, 5.74) is 3.63. The lowest BCUT2D eigenvalue weighted by Crippen LogP contribution is -2.52. The molecule has 4 heterocycles. The first-order valence-electron chi connectivity index (χ1n) is 21.0. The normalized spacial score (nSPS) is 27.2. The first-order chi connectivity index (χ1) is 27.8. The van der Waals surface area contributed by atoms with Gasteiger partial charge in [-0.2, -0.15) is 0 Å². The monoisotopic (exact) mass is 822 g/mol. The molecule has 314 valence electrons. The van der Waals surface area contributed by atoms with Crippen LogP contribution in [0.4, 0.5) is 11.4 Å². The summed E-state index contributed by atoms with van der Waals surface area (Å²) in [4.78, 5) is 45.3. The van der Waals surface area contributed by atoms with Crippen LogP contribution in [0.2, 0.25) is 0 Å². The lowest BCUT2D eigenvalue weighted by atomic mass is 9.80. The standard InChI is InChI=1S/C30H35N3O3.C17H23N3O2.ClH/c1-29(18-25(34)31-3)22-11-4-5-13-24(22)33(28(29)35)20-14-16-32(17-15-20)27-21-10-6-8-19-9-7-12-23(26(19)21)30(27,2)36;1-17(11-15(21)18-2)13-5-3-4-6-14(13)20(16(17)22)12-7-9-19-10-8-12;/h4-13,20,25,27,31,34,36H,14-18H2,1-3H3;3-6,12,19H,7-11H2,1-2H3,(H,18,21);1H/t25?,27?,29?,30-;;/m0../s1. The number of benzene rings is 4. The van der Waals surface area contributed by atoms with Gasteiger partial charge in [0.25, 0.3) is 0 Å². The number of likely N-dealkylation sites (tertiary alicyclic amines) is 1. The molecule has 11 nitrogen and oxygen atoms in total. The fourth-order valence-electron chi connectivity index (χ4n) is 10.8. The number of aliphatic hydroxyl groups excluding tert-OH is 1. The molecule has 4 aromatic rings. The van der Waals surface area contributed by atoms with Gasteiger partial charge in [-0.05, 0) is 112 Å². The van der Waals surface area contributed by atoms with Crippen LogP contribution >= 0.6 is 12.4 Å². The highest BCUT2D eigenvalue weighted by Gasteiger charge is 2.53. The van der Waals surface area contributed by atoms with E-state index in [4.69, 9.17) is 0 Å². The van der Waals surface area contributed by atoms with Crippen LogP contribution in [0.5, 0.6) is 0 Å². The Balaban J connectivity index is 0.000000198. The number of nitrogens with one attached hydrogen (secondary N) is 3. The molecule has 0 saturated carbocycles. The fourth-order valence-corrected chi connectivity index (χ4v) is 10.8. The van der Waals surface area contributed by atoms with Gasteiger partial charge in [0.05, 0.1) is 16.9 Å². The number of aliphatic hydroxyl groups is 2. The SMILES string of the molecule is CNC(=O)CC1(C)C(=O)N(C2CCNCC2)c2ccccc21.CNC(O)CC1(C)C(=O)N(C2CCN(C3c4cccc5cccc(c45)[C@]3(C)O)CC2)c2ccccc21.Cl. The summed E-state index contributed by atoms with van der Waals surface area (Å²) in [6, 6.07) is 28.7. The quantitative estimate of drug-likeness (QED) is 0.149. The molecule has 5 N–H and O–H groups in total. The summed E-state index contributed by atoms with van der Waals surface area (Å²) in [6.07, 6.45) is 3.37. The average molecular weight is 823 g/mol. The first-order valence-corrected chi connectivity index (χ1v) is 21.0. The van der Waals surface area contributed by atoms with Crippen molar-refractivity contribution in [2.45, 2.75) is 100 Å². The van der Waals surface area contributed by atoms with Gasteiger partial charge in [0.1, 0.15) is 11.8 Å². The van der Waals surface area contributed by atoms with Gasteiger partial charge in [-0.1, -0.05) is 72.8 Å². The Morgan fingerprint density at radius 1 is 0.763 bits per heavy atom. The van der Waals surface area contributed by atoms with E-state index in [-0.39, 0.29) is 54.7 Å². The maximum absolute atomic E-state index is 13.9. The predicted octanol–water partition coefficient (Wildman–Crippen LogP) is 5.40. The van der Waals surface area contributed by atoms with E-state index < -0.39 is 22.7 Å². The molecule has 9 rings (SSSR count). The van der Waals surface area contributed by atoms with E-state index in [1.165, 1.54) is 16.3 Å². The van der Waals surface area contributed by atoms with Gasteiger partial charge in [-0.25, -0.2) is 0 Å². The molecule has 12 heteroatoms. The number of carbonyl (C=O) groups excluding carboxylic acids is 3. The van der Waals surface area contributed by atoms with Gasteiger partial charge in [0.2, 0.25) is 17.7 Å². The van der Waals surface area contributed by atoms with Crippen molar-refractivity contribution in [2.75, 3.05) is 50.1 Å². The van der Waals surface area contributed by atoms with Crippen LogP contribution < -0.4 is 25.8 Å². The van der Waals surface area contributed by atoms with Crippen LogP contribution in [0.15, 0.2) is 84.9 Å². The minimum absolute atomic E-state index is 0. The highest BCUT2D eigenvalue weighted by Crippen LogP contribution is 2.52. The first kappa shape index (κ1) is 42.8. The zero-order valence-electron chi connectivity index (χ0n) is 34.8. The van der Waals surface area contributed by atoms with Crippen molar-refractivity contribution in [3.63, 3.8) is 0 Å². The zero-order valence-corrected chi connectivity index (χ0v) is 35.6. The van der Waals surface area contributed by atoms with Crippen LogP contribution in [-0.2, 0) is 30.8 Å². The van der Waals surface area contributed by atoms with Gasteiger partial charge in [0.15, 0.2) is 0 Å². The highest BCUT2D eigenvalue weighted by atomic mass is 35.5. The Morgan fingerprint density at radius 3 is 1.88 bits per heavy atom. The third kappa shape index (κ3) is 7.13. The number of hydrogen-bond acceptors (Lipinski definition) is 8. The molecule has 0 aromatic heterocycles. The number of halogens is 1. The number of piperidine rings is 2. The fraction of sp³-hybridized carbons (Fsp3) is 0.468. The molecule has 4 unspecified atom stereocenters. The largest absolute Gasteiger partial charge is 0.383 e. The van der Waals surface area contributed by atoms with Crippen molar-refractivity contribution in [2.24, 2.45) is 0 Å². The molecule has 4 aromatic carbocycles. The van der Waals surface area contributed by atoms with Crippen molar-refractivity contribution in [1.29, 1.82) is 0 Å². The van der Waals surface area contributed by atoms with Gasteiger partial charge in [-0.3, -0.25) is 24.6 Å². The maximum Gasteiger partial charge on any atom is 0.238 e. The minimum Gasteiger partial charge on any atom is -0.383 e. The summed E-state index contributed by atoms with van der Waals surface area (Å²) in [7, 11) is 3.32. The zero-order chi connectivity index (χ0) is 41.0.